The van der Waals surface area contributed by atoms with E-state index in [9.17, 15) is 4.79 Å². The zero-order valence-electron chi connectivity index (χ0n) is 11.8. The summed E-state index contributed by atoms with van der Waals surface area (Å²) >= 11 is 0. The smallest absolute Gasteiger partial charge is 0.224 e. The predicted molar refractivity (Wildman–Crippen MR) is 71.6 cm³/mol. The lowest BCUT2D eigenvalue weighted by molar-refractivity contribution is -0.132. The second-order valence-corrected chi connectivity index (χ2v) is 6.29. The van der Waals surface area contributed by atoms with Gasteiger partial charge in [-0.15, -0.1) is 0 Å². The lowest BCUT2D eigenvalue weighted by atomic mass is 10.1. The van der Waals surface area contributed by atoms with E-state index >= 15 is 0 Å². The molecule has 0 spiro atoms. The minimum absolute atomic E-state index is 0.0873. The Bertz CT molecular complexity index is 237. The third kappa shape index (κ3) is 5.53. The van der Waals surface area contributed by atoms with Crippen molar-refractivity contribution in [2.45, 2.75) is 53.0 Å². The number of nitrogens with two attached hydrogens (primary N) is 1. The first-order chi connectivity index (χ1) is 7.90. The Hall–Kier alpha value is -0.570. The highest BCUT2D eigenvalue weighted by Gasteiger charge is 2.31. The van der Waals surface area contributed by atoms with Gasteiger partial charge in [0.25, 0.3) is 0 Å². The van der Waals surface area contributed by atoms with Crippen LogP contribution in [0, 0.1) is 17.8 Å². The first kappa shape index (κ1) is 14.5. The van der Waals surface area contributed by atoms with Gasteiger partial charge in [-0.1, -0.05) is 27.7 Å². The molecule has 0 aromatic rings. The van der Waals surface area contributed by atoms with Gasteiger partial charge < -0.3 is 10.6 Å². The third-order valence-electron chi connectivity index (χ3n) is 3.16. The molecule has 1 unspecified atom stereocenters. The topological polar surface area (TPSA) is 46.3 Å². The Morgan fingerprint density at radius 2 is 1.65 bits per heavy atom. The van der Waals surface area contributed by atoms with Crippen LogP contribution < -0.4 is 5.73 Å². The molecule has 3 heteroatoms. The number of hydrogen-bond acceptors (Lipinski definition) is 2. The van der Waals surface area contributed by atoms with Crippen molar-refractivity contribution in [3.05, 3.63) is 0 Å². The number of hydrogen-bond donors (Lipinski definition) is 1. The fraction of sp³-hybridized carbons (Fsp3) is 0.929. The fourth-order valence-electron chi connectivity index (χ4n) is 2.18. The van der Waals surface area contributed by atoms with Crippen LogP contribution in [-0.4, -0.2) is 29.9 Å². The molecule has 1 aliphatic carbocycles. The standard InChI is InChI=1S/C14H28N2O/c1-10(2)8-16(9-11(3)4)14(17)7-13(15)12-5-6-12/h10-13H,5-9,15H2,1-4H3. The van der Waals surface area contributed by atoms with Gasteiger partial charge in [0.2, 0.25) is 5.91 Å². The summed E-state index contributed by atoms with van der Waals surface area (Å²) in [5.41, 5.74) is 6.03. The second-order valence-electron chi connectivity index (χ2n) is 6.29. The van der Waals surface area contributed by atoms with E-state index in [0.717, 1.165) is 13.1 Å². The summed E-state index contributed by atoms with van der Waals surface area (Å²) in [6, 6.07) is 0.0873. The van der Waals surface area contributed by atoms with Gasteiger partial charge in [-0.25, -0.2) is 0 Å². The van der Waals surface area contributed by atoms with Crippen LogP contribution in [0.5, 0.6) is 0 Å². The van der Waals surface area contributed by atoms with Crippen LogP contribution in [0.1, 0.15) is 47.0 Å². The van der Waals surface area contributed by atoms with Gasteiger partial charge in [0.15, 0.2) is 0 Å². The molecule has 3 nitrogen and oxygen atoms in total. The van der Waals surface area contributed by atoms with Crippen molar-refractivity contribution >= 4 is 5.91 Å². The van der Waals surface area contributed by atoms with E-state index in [1.54, 1.807) is 0 Å². The van der Waals surface area contributed by atoms with Gasteiger partial charge in [0, 0.05) is 25.6 Å². The quantitative estimate of drug-likeness (QED) is 0.742. The van der Waals surface area contributed by atoms with Crippen LogP contribution in [0.25, 0.3) is 0 Å². The Morgan fingerprint density at radius 3 is 2.00 bits per heavy atom. The highest BCUT2D eigenvalue weighted by molar-refractivity contribution is 5.77. The molecule has 1 amide bonds. The first-order valence-electron chi connectivity index (χ1n) is 6.93. The van der Waals surface area contributed by atoms with Crippen molar-refractivity contribution in [1.29, 1.82) is 0 Å². The summed E-state index contributed by atoms with van der Waals surface area (Å²) in [6.45, 7) is 10.3. The molecule has 0 saturated heterocycles. The summed E-state index contributed by atoms with van der Waals surface area (Å²) < 4.78 is 0. The zero-order chi connectivity index (χ0) is 13.0. The summed E-state index contributed by atoms with van der Waals surface area (Å²) in [4.78, 5) is 14.2. The number of amides is 1. The van der Waals surface area contributed by atoms with Crippen LogP contribution in [0.15, 0.2) is 0 Å². The monoisotopic (exact) mass is 240 g/mol. The molecule has 1 atom stereocenters. The third-order valence-corrected chi connectivity index (χ3v) is 3.16. The number of carbonyl (C=O) groups is 1. The zero-order valence-corrected chi connectivity index (χ0v) is 11.8. The minimum atomic E-state index is 0.0873. The predicted octanol–water partition coefficient (Wildman–Crippen LogP) is 2.25. The Labute approximate surface area is 106 Å². The molecule has 0 bridgehead atoms. The Kier molecular flexibility index (Phi) is 5.44. The van der Waals surface area contributed by atoms with Crippen LogP contribution in [0.2, 0.25) is 0 Å². The summed E-state index contributed by atoms with van der Waals surface area (Å²) in [5, 5.41) is 0. The fourth-order valence-corrected chi connectivity index (χ4v) is 2.18. The molecule has 1 fully saturated rings. The summed E-state index contributed by atoms with van der Waals surface area (Å²) in [6.07, 6.45) is 2.95. The highest BCUT2D eigenvalue weighted by Crippen LogP contribution is 2.33. The van der Waals surface area contributed by atoms with Gasteiger partial charge in [0.05, 0.1) is 0 Å². The normalized spacial score (nSPS) is 17.6. The maximum atomic E-state index is 12.2. The van der Waals surface area contributed by atoms with Crippen molar-refractivity contribution in [2.24, 2.45) is 23.5 Å². The SMILES string of the molecule is CC(C)CN(CC(C)C)C(=O)CC(N)C1CC1. The molecule has 1 aliphatic rings. The van der Waals surface area contributed by atoms with Gasteiger partial charge in [-0.05, 0) is 30.6 Å². The van der Waals surface area contributed by atoms with E-state index in [0.29, 0.717) is 24.2 Å². The van der Waals surface area contributed by atoms with E-state index in [1.165, 1.54) is 12.8 Å². The molecular weight excluding hydrogens is 212 g/mol. The van der Waals surface area contributed by atoms with Gasteiger partial charge in [-0.3, -0.25) is 4.79 Å². The molecule has 0 radical (unpaired) electrons. The molecular formula is C14H28N2O. The maximum absolute atomic E-state index is 12.2. The molecule has 0 aromatic carbocycles. The molecule has 100 valence electrons. The van der Waals surface area contributed by atoms with E-state index in [1.807, 2.05) is 4.90 Å². The first-order valence-corrected chi connectivity index (χ1v) is 6.93. The highest BCUT2D eigenvalue weighted by atomic mass is 16.2. The summed E-state index contributed by atoms with van der Waals surface area (Å²) in [5.74, 6) is 1.90. The van der Waals surface area contributed by atoms with Gasteiger partial charge in [0.1, 0.15) is 0 Å². The van der Waals surface area contributed by atoms with Crippen LogP contribution in [0.4, 0.5) is 0 Å². The van der Waals surface area contributed by atoms with Crippen LogP contribution in [0.3, 0.4) is 0 Å². The van der Waals surface area contributed by atoms with E-state index < -0.39 is 0 Å². The van der Waals surface area contributed by atoms with Crippen molar-refractivity contribution < 1.29 is 4.79 Å². The number of carbonyl (C=O) groups excluding carboxylic acids is 1. The molecule has 0 aliphatic heterocycles. The second kappa shape index (κ2) is 6.39. The number of nitrogens with zero attached hydrogens (tertiary/aromatic N) is 1. The largest absolute Gasteiger partial charge is 0.342 e. The van der Waals surface area contributed by atoms with Gasteiger partial charge in [-0.2, -0.15) is 0 Å². The van der Waals surface area contributed by atoms with Crippen molar-refractivity contribution in [3.8, 4) is 0 Å². The van der Waals surface area contributed by atoms with Gasteiger partial charge >= 0.3 is 0 Å². The lowest BCUT2D eigenvalue weighted by Gasteiger charge is -2.27. The van der Waals surface area contributed by atoms with Crippen LogP contribution in [-0.2, 0) is 4.79 Å². The maximum Gasteiger partial charge on any atom is 0.224 e. The Balaban J connectivity index is 2.45. The van der Waals surface area contributed by atoms with Crippen molar-refractivity contribution in [2.75, 3.05) is 13.1 Å². The molecule has 1 saturated carbocycles. The average Bonchev–Trinajstić information content (AvgIpc) is 2.97. The van der Waals surface area contributed by atoms with E-state index in [-0.39, 0.29) is 11.9 Å². The average molecular weight is 240 g/mol. The summed E-state index contributed by atoms with van der Waals surface area (Å²) in [7, 11) is 0. The van der Waals surface area contributed by atoms with Crippen LogP contribution >= 0.6 is 0 Å². The number of rotatable bonds is 7. The minimum Gasteiger partial charge on any atom is -0.342 e. The van der Waals surface area contributed by atoms with Crippen molar-refractivity contribution in [1.82, 2.24) is 4.90 Å². The molecule has 1 rings (SSSR count). The van der Waals surface area contributed by atoms with E-state index in [4.69, 9.17) is 5.73 Å². The molecule has 17 heavy (non-hydrogen) atoms. The molecule has 2 N–H and O–H groups in total. The Morgan fingerprint density at radius 1 is 1.18 bits per heavy atom. The molecule has 0 heterocycles. The van der Waals surface area contributed by atoms with E-state index in [2.05, 4.69) is 27.7 Å². The molecule has 0 aromatic heterocycles. The van der Waals surface area contributed by atoms with Crippen molar-refractivity contribution in [3.63, 3.8) is 0 Å². The lowest BCUT2D eigenvalue weighted by Crippen LogP contribution is -2.40.